The Balaban J connectivity index is 1.71. The Morgan fingerprint density at radius 1 is 0.458 bits per heavy atom. The molecule has 0 radical (unpaired) electrons. The van der Waals surface area contributed by atoms with Gasteiger partial charge >= 0.3 is 15.6 Å². The summed E-state index contributed by atoms with van der Waals surface area (Å²) in [5.41, 5.74) is 4.96. The molecule has 0 aliphatic heterocycles. The van der Waals surface area contributed by atoms with E-state index in [0.29, 0.717) is 56.0 Å². The van der Waals surface area contributed by atoms with Crippen LogP contribution in [0.4, 0.5) is 0 Å². The number of rotatable bonds is 12. The Morgan fingerprint density at radius 2 is 0.688 bits per heavy atom. The summed E-state index contributed by atoms with van der Waals surface area (Å²) in [6.07, 6.45) is 0.890. The lowest BCUT2D eigenvalue weighted by Gasteiger charge is -2.23. The second-order valence-electron chi connectivity index (χ2n) is 11.1. The molecule has 256 valence electrons. The number of hydrogen-bond acceptors (Lipinski definition) is 10. The van der Waals surface area contributed by atoms with Crippen molar-refractivity contribution in [1.82, 2.24) is 0 Å². The summed E-state index contributed by atoms with van der Waals surface area (Å²) < 4.78 is 61.5. The van der Waals surface area contributed by atoms with E-state index >= 15 is 0 Å². The summed E-state index contributed by atoms with van der Waals surface area (Å²) in [5, 5.41) is 23.2. The van der Waals surface area contributed by atoms with Crippen LogP contribution in [0.1, 0.15) is 72.2 Å². The zero-order chi connectivity index (χ0) is 34.3. The monoisotopic (exact) mass is 696 g/mol. The minimum Gasteiger partial charge on any atom is -0.507 e. The molecule has 10 nitrogen and oxygen atoms in total. The maximum atomic E-state index is 13.7. The molecule has 48 heavy (non-hydrogen) atoms. The number of hydrogen-bond donors (Lipinski definition) is 2. The first kappa shape index (κ1) is 35.7. The highest BCUT2D eigenvalue weighted by molar-refractivity contribution is 7.49. The zero-order valence-electron chi connectivity index (χ0n) is 27.6. The number of phenols is 2. The van der Waals surface area contributed by atoms with E-state index in [1.165, 1.54) is 0 Å². The summed E-state index contributed by atoms with van der Waals surface area (Å²) in [5.74, 6) is 0.729. The van der Waals surface area contributed by atoms with E-state index in [4.69, 9.17) is 27.1 Å². The molecule has 4 aromatic rings. The van der Waals surface area contributed by atoms with E-state index < -0.39 is 15.6 Å². The lowest BCUT2D eigenvalue weighted by molar-refractivity contribution is 0.165. The van der Waals surface area contributed by atoms with Crippen molar-refractivity contribution in [3.8, 4) is 23.0 Å². The third-order valence-electron chi connectivity index (χ3n) is 7.84. The van der Waals surface area contributed by atoms with Crippen LogP contribution in [0.5, 0.6) is 23.0 Å². The quantitative estimate of drug-likeness (QED) is 0.122. The van der Waals surface area contributed by atoms with Gasteiger partial charge in [0, 0.05) is 25.7 Å². The molecule has 4 aromatic carbocycles. The van der Waals surface area contributed by atoms with Gasteiger partial charge in [0.25, 0.3) is 0 Å². The van der Waals surface area contributed by atoms with Gasteiger partial charge in [-0.3, -0.25) is 18.1 Å². The van der Waals surface area contributed by atoms with Crippen molar-refractivity contribution < 1.29 is 46.5 Å². The molecule has 0 spiro atoms. The Labute approximate surface area is 281 Å². The Hall–Kier alpha value is -3.62. The Kier molecular flexibility index (Phi) is 11.7. The molecule has 0 saturated heterocycles. The number of phosphoric acid groups is 2. The van der Waals surface area contributed by atoms with E-state index in [9.17, 15) is 19.3 Å². The van der Waals surface area contributed by atoms with Crippen LogP contribution in [0.2, 0.25) is 0 Å². The second kappa shape index (κ2) is 15.7. The van der Waals surface area contributed by atoms with E-state index in [-0.39, 0.29) is 63.6 Å². The molecule has 0 saturated carbocycles. The van der Waals surface area contributed by atoms with Crippen LogP contribution >= 0.6 is 15.6 Å². The summed E-state index contributed by atoms with van der Waals surface area (Å²) in [6, 6.07) is 22.0. The summed E-state index contributed by atoms with van der Waals surface area (Å²) >= 11 is 0. The second-order valence-corrected chi connectivity index (χ2v) is 14.3. The van der Waals surface area contributed by atoms with E-state index in [1.54, 1.807) is 27.7 Å². The van der Waals surface area contributed by atoms with Gasteiger partial charge in [0.1, 0.15) is 23.0 Å². The molecular formula is C36H42O10P2. The molecule has 5 rings (SSSR count). The van der Waals surface area contributed by atoms with Crippen LogP contribution in [-0.4, -0.2) is 36.6 Å². The number of benzene rings is 4. The SMILES string of the molecule is CCOP(=O)(OCC)Oc1c2cccc1Cc1cccc(c1O)Cc1cccc(c1OP(=O)(OCC)OCC)Cc1cccc(c1O)C2. The van der Waals surface area contributed by atoms with Crippen LogP contribution in [0.25, 0.3) is 0 Å². The number of phosphoric ester groups is 2. The van der Waals surface area contributed by atoms with Gasteiger partial charge in [-0.2, -0.15) is 0 Å². The van der Waals surface area contributed by atoms with E-state index in [0.717, 1.165) is 0 Å². The topological polar surface area (TPSA) is 130 Å². The van der Waals surface area contributed by atoms with Crippen molar-refractivity contribution in [1.29, 1.82) is 0 Å². The first-order chi connectivity index (χ1) is 23.1. The third kappa shape index (κ3) is 8.15. The molecule has 1 aliphatic carbocycles. The number of para-hydroxylation sites is 4. The fourth-order valence-corrected chi connectivity index (χ4v) is 8.32. The van der Waals surface area contributed by atoms with Gasteiger partial charge in [0.05, 0.1) is 26.4 Å². The summed E-state index contributed by atoms with van der Waals surface area (Å²) in [6.45, 7) is 7.25. The van der Waals surface area contributed by atoms with Gasteiger partial charge < -0.3 is 19.3 Å². The summed E-state index contributed by atoms with van der Waals surface area (Å²) in [4.78, 5) is 0. The predicted octanol–water partition coefficient (Wildman–Crippen LogP) is 8.89. The van der Waals surface area contributed by atoms with Crippen LogP contribution < -0.4 is 9.05 Å². The van der Waals surface area contributed by atoms with E-state index in [2.05, 4.69) is 0 Å². The van der Waals surface area contributed by atoms with Crippen molar-refractivity contribution >= 4 is 15.6 Å². The highest BCUT2D eigenvalue weighted by atomic mass is 31.2. The largest absolute Gasteiger partial charge is 0.530 e. The smallest absolute Gasteiger partial charge is 0.507 e. The first-order valence-corrected chi connectivity index (χ1v) is 19.0. The van der Waals surface area contributed by atoms with Crippen molar-refractivity contribution in [3.05, 3.63) is 117 Å². The van der Waals surface area contributed by atoms with Gasteiger partial charge in [-0.05, 0) is 72.2 Å². The summed E-state index contributed by atoms with van der Waals surface area (Å²) in [7, 11) is -8.01. The van der Waals surface area contributed by atoms with Crippen LogP contribution in [0.3, 0.4) is 0 Å². The fraction of sp³-hybridized carbons (Fsp3) is 0.333. The van der Waals surface area contributed by atoms with Gasteiger partial charge in [-0.1, -0.05) is 72.8 Å². The molecule has 0 fully saturated rings. The molecule has 2 N–H and O–H groups in total. The van der Waals surface area contributed by atoms with Crippen LogP contribution in [0, 0.1) is 0 Å². The molecule has 0 heterocycles. The normalized spacial score (nSPS) is 13.2. The van der Waals surface area contributed by atoms with Gasteiger partial charge in [0.15, 0.2) is 0 Å². The molecule has 8 bridgehead atoms. The number of phenolic OH excluding ortho intramolecular Hbond substituents is 2. The molecule has 0 amide bonds. The van der Waals surface area contributed by atoms with Crippen molar-refractivity contribution in [2.45, 2.75) is 53.4 Å². The van der Waals surface area contributed by atoms with Gasteiger partial charge in [0.2, 0.25) is 0 Å². The van der Waals surface area contributed by atoms with Crippen LogP contribution in [-0.2, 0) is 52.9 Å². The van der Waals surface area contributed by atoms with Gasteiger partial charge in [-0.15, -0.1) is 0 Å². The Bertz CT molecular complexity index is 1600. The highest BCUT2D eigenvalue weighted by Crippen LogP contribution is 2.53. The molecule has 1 aliphatic rings. The maximum Gasteiger partial charge on any atom is 0.530 e. The molecular weight excluding hydrogens is 654 g/mol. The van der Waals surface area contributed by atoms with Crippen molar-refractivity contribution in [2.75, 3.05) is 26.4 Å². The number of fused-ring (bicyclic) bond motifs is 8. The van der Waals surface area contributed by atoms with E-state index in [1.807, 2.05) is 72.8 Å². The Morgan fingerprint density at radius 3 is 0.917 bits per heavy atom. The lowest BCUT2D eigenvalue weighted by atomic mass is 9.91. The average molecular weight is 697 g/mol. The molecule has 12 heteroatoms. The molecule has 0 unspecified atom stereocenters. The standard InChI is InChI=1S/C36H42O10P2/c1-5-41-47(39,42-6-2)45-35-29-17-11-18-30(35)22-26-14-10-16-28(34(26)38)24-32-20-12-19-31(23-27-15-9-13-25(21-29)33(27)37)36(32)46-48(40,43-7-3)44-8-4/h9-20,37-38H,5-8,21-24H2,1-4H3. The highest BCUT2D eigenvalue weighted by Gasteiger charge is 2.32. The predicted molar refractivity (Wildman–Crippen MR) is 183 cm³/mol. The van der Waals surface area contributed by atoms with Crippen molar-refractivity contribution in [3.63, 3.8) is 0 Å². The lowest BCUT2D eigenvalue weighted by Crippen LogP contribution is -2.08. The minimum absolute atomic E-state index is 0.0655. The van der Waals surface area contributed by atoms with Crippen molar-refractivity contribution in [2.24, 2.45) is 0 Å². The average Bonchev–Trinajstić information content (AvgIpc) is 3.04. The number of aromatic hydroxyl groups is 2. The molecule has 0 aromatic heterocycles. The van der Waals surface area contributed by atoms with Gasteiger partial charge in [-0.25, -0.2) is 9.13 Å². The molecule has 0 atom stereocenters. The maximum absolute atomic E-state index is 13.7. The van der Waals surface area contributed by atoms with Crippen LogP contribution in [0.15, 0.2) is 72.8 Å². The zero-order valence-corrected chi connectivity index (χ0v) is 29.4. The minimum atomic E-state index is -4.01. The third-order valence-corrected chi connectivity index (χ3v) is 11.0. The first-order valence-electron chi connectivity index (χ1n) is 16.1. The fourth-order valence-electron chi connectivity index (χ4n) is 5.78.